The van der Waals surface area contributed by atoms with Crippen LogP contribution in [0, 0.1) is 5.82 Å². The van der Waals surface area contributed by atoms with Crippen molar-refractivity contribution in [1.82, 2.24) is 0 Å². The number of halogens is 3. The molecule has 0 saturated heterocycles. The second kappa shape index (κ2) is 6.24. The van der Waals surface area contributed by atoms with Crippen LogP contribution in [0.1, 0.15) is 11.1 Å². The molecule has 5 heteroatoms. The largest absolute Gasteiger partial charge is 0.486 e. The molecule has 0 atom stereocenters. The van der Waals surface area contributed by atoms with Crippen LogP contribution in [0.4, 0.5) is 4.39 Å². The van der Waals surface area contributed by atoms with E-state index in [9.17, 15) is 4.39 Å². The van der Waals surface area contributed by atoms with Gasteiger partial charge in [-0.3, -0.25) is 0 Å². The number of ether oxygens (including phenoxy) is 1. The molecule has 0 spiro atoms. The monoisotopic (exact) mass is 300 g/mol. The topological polar surface area (TPSA) is 29.5 Å². The molecule has 1 N–H and O–H groups in total. The molecule has 0 aliphatic heterocycles. The lowest BCUT2D eigenvalue weighted by molar-refractivity contribution is 0.276. The quantitative estimate of drug-likeness (QED) is 0.917. The zero-order valence-corrected chi connectivity index (χ0v) is 11.4. The Bertz CT molecular complexity index is 588. The molecule has 0 radical (unpaired) electrons. The maximum absolute atomic E-state index is 13.6. The Morgan fingerprint density at radius 1 is 1.00 bits per heavy atom. The Morgan fingerprint density at radius 2 is 1.74 bits per heavy atom. The second-order valence-electron chi connectivity index (χ2n) is 3.96. The van der Waals surface area contributed by atoms with Gasteiger partial charge in [-0.05, 0) is 35.4 Å². The molecule has 0 heterocycles. The normalized spacial score (nSPS) is 10.5. The summed E-state index contributed by atoms with van der Waals surface area (Å²) < 4.78 is 19.0. The average Bonchev–Trinajstić information content (AvgIpc) is 2.41. The van der Waals surface area contributed by atoms with Crippen molar-refractivity contribution in [2.75, 3.05) is 0 Å². The highest BCUT2D eigenvalue weighted by atomic mass is 35.5. The van der Waals surface area contributed by atoms with Gasteiger partial charge in [-0.2, -0.15) is 0 Å². The van der Waals surface area contributed by atoms with E-state index < -0.39 is 5.82 Å². The van der Waals surface area contributed by atoms with Crippen molar-refractivity contribution in [3.8, 4) is 5.75 Å². The first kappa shape index (κ1) is 14.1. The first-order chi connectivity index (χ1) is 9.10. The van der Waals surface area contributed by atoms with Crippen LogP contribution in [-0.2, 0) is 13.2 Å². The maximum Gasteiger partial charge on any atom is 0.165 e. The smallest absolute Gasteiger partial charge is 0.165 e. The van der Waals surface area contributed by atoms with Crippen molar-refractivity contribution < 1.29 is 14.2 Å². The van der Waals surface area contributed by atoms with Crippen LogP contribution >= 0.6 is 23.2 Å². The summed E-state index contributed by atoms with van der Waals surface area (Å²) in [7, 11) is 0. The molecule has 0 aromatic heterocycles. The van der Waals surface area contributed by atoms with Crippen molar-refractivity contribution in [1.29, 1.82) is 0 Å². The van der Waals surface area contributed by atoms with Gasteiger partial charge in [0.1, 0.15) is 6.61 Å². The molecule has 0 amide bonds. The zero-order chi connectivity index (χ0) is 13.8. The molecule has 0 aliphatic carbocycles. The summed E-state index contributed by atoms with van der Waals surface area (Å²) in [5.41, 5.74) is 1.29. The standard InChI is InChI=1S/C14H11Cl2FO2/c15-11-3-1-10(5-12(11)16)8-19-14-4-2-9(7-18)6-13(14)17/h1-6,18H,7-8H2. The summed E-state index contributed by atoms with van der Waals surface area (Å²) >= 11 is 11.7. The van der Waals surface area contributed by atoms with E-state index >= 15 is 0 Å². The van der Waals surface area contributed by atoms with Crippen molar-refractivity contribution in [3.63, 3.8) is 0 Å². The van der Waals surface area contributed by atoms with E-state index in [0.717, 1.165) is 5.56 Å². The molecule has 0 aliphatic rings. The molecule has 2 rings (SSSR count). The molecular weight excluding hydrogens is 290 g/mol. The minimum atomic E-state index is -0.508. The first-order valence-electron chi connectivity index (χ1n) is 5.56. The lowest BCUT2D eigenvalue weighted by Crippen LogP contribution is -1.98. The van der Waals surface area contributed by atoms with Crippen LogP contribution in [-0.4, -0.2) is 5.11 Å². The fourth-order valence-electron chi connectivity index (χ4n) is 1.55. The highest BCUT2D eigenvalue weighted by Gasteiger charge is 2.06. The van der Waals surface area contributed by atoms with Crippen LogP contribution < -0.4 is 4.74 Å². The lowest BCUT2D eigenvalue weighted by atomic mass is 10.2. The highest BCUT2D eigenvalue weighted by Crippen LogP contribution is 2.24. The van der Waals surface area contributed by atoms with Crippen LogP contribution in [0.15, 0.2) is 36.4 Å². The fourth-order valence-corrected chi connectivity index (χ4v) is 1.87. The molecule has 0 saturated carbocycles. The van der Waals surface area contributed by atoms with Crippen molar-refractivity contribution in [2.45, 2.75) is 13.2 Å². The van der Waals surface area contributed by atoms with Gasteiger partial charge in [0.15, 0.2) is 11.6 Å². The average molecular weight is 301 g/mol. The zero-order valence-electron chi connectivity index (χ0n) is 9.87. The summed E-state index contributed by atoms with van der Waals surface area (Å²) in [6, 6.07) is 9.42. The SMILES string of the molecule is OCc1ccc(OCc2ccc(Cl)c(Cl)c2)c(F)c1. The number of aliphatic hydroxyl groups excluding tert-OH is 1. The van der Waals surface area contributed by atoms with Crippen molar-refractivity contribution in [2.24, 2.45) is 0 Å². The number of hydrogen-bond donors (Lipinski definition) is 1. The minimum Gasteiger partial charge on any atom is -0.486 e. The van der Waals surface area contributed by atoms with Gasteiger partial charge in [-0.25, -0.2) is 4.39 Å². The molecule has 0 unspecified atom stereocenters. The van der Waals surface area contributed by atoms with E-state index in [-0.39, 0.29) is 19.0 Å². The molecule has 100 valence electrons. The maximum atomic E-state index is 13.6. The van der Waals surface area contributed by atoms with Gasteiger partial charge < -0.3 is 9.84 Å². The van der Waals surface area contributed by atoms with Crippen LogP contribution in [0.5, 0.6) is 5.75 Å². The van der Waals surface area contributed by atoms with E-state index in [1.807, 2.05) is 0 Å². The van der Waals surface area contributed by atoms with Gasteiger partial charge in [0, 0.05) is 0 Å². The van der Waals surface area contributed by atoms with Crippen molar-refractivity contribution in [3.05, 3.63) is 63.4 Å². The third-order valence-corrected chi connectivity index (χ3v) is 3.30. The highest BCUT2D eigenvalue weighted by molar-refractivity contribution is 6.42. The first-order valence-corrected chi connectivity index (χ1v) is 6.32. The van der Waals surface area contributed by atoms with Gasteiger partial charge in [-0.1, -0.05) is 35.3 Å². The van der Waals surface area contributed by atoms with Gasteiger partial charge in [0.25, 0.3) is 0 Å². The Balaban J connectivity index is 2.07. The fraction of sp³-hybridized carbons (Fsp3) is 0.143. The van der Waals surface area contributed by atoms with E-state index in [1.54, 1.807) is 24.3 Å². The van der Waals surface area contributed by atoms with Gasteiger partial charge >= 0.3 is 0 Å². The molecule has 0 bridgehead atoms. The van der Waals surface area contributed by atoms with Crippen LogP contribution in [0.3, 0.4) is 0 Å². The molecule has 19 heavy (non-hydrogen) atoms. The van der Waals surface area contributed by atoms with Crippen LogP contribution in [0.2, 0.25) is 10.0 Å². The van der Waals surface area contributed by atoms with E-state index in [1.165, 1.54) is 12.1 Å². The van der Waals surface area contributed by atoms with E-state index in [4.69, 9.17) is 33.0 Å². The predicted octanol–water partition coefficient (Wildman–Crippen LogP) is 4.20. The Labute approximate surface area is 120 Å². The number of hydrogen-bond acceptors (Lipinski definition) is 2. The van der Waals surface area contributed by atoms with Gasteiger partial charge in [-0.15, -0.1) is 0 Å². The summed E-state index contributed by atoms with van der Waals surface area (Å²) in [5.74, 6) is -0.380. The molecule has 0 fully saturated rings. The molecule has 2 aromatic rings. The summed E-state index contributed by atoms with van der Waals surface area (Å²) in [5, 5.41) is 9.77. The summed E-state index contributed by atoms with van der Waals surface area (Å²) in [6.45, 7) is -0.0176. The van der Waals surface area contributed by atoms with Gasteiger partial charge in [0.05, 0.1) is 16.7 Å². The lowest BCUT2D eigenvalue weighted by Gasteiger charge is -2.09. The molecule has 2 nitrogen and oxygen atoms in total. The molecular formula is C14H11Cl2FO2. The predicted molar refractivity (Wildman–Crippen MR) is 73.1 cm³/mol. The van der Waals surface area contributed by atoms with Crippen molar-refractivity contribution >= 4 is 23.2 Å². The number of benzene rings is 2. The minimum absolute atomic E-state index is 0.128. The second-order valence-corrected chi connectivity index (χ2v) is 4.77. The molecule has 2 aromatic carbocycles. The summed E-state index contributed by atoms with van der Waals surface area (Å²) in [4.78, 5) is 0. The third-order valence-electron chi connectivity index (χ3n) is 2.56. The van der Waals surface area contributed by atoms with E-state index in [2.05, 4.69) is 0 Å². The third kappa shape index (κ3) is 3.60. The number of rotatable bonds is 4. The summed E-state index contributed by atoms with van der Waals surface area (Å²) in [6.07, 6.45) is 0. The number of aliphatic hydroxyl groups is 1. The Morgan fingerprint density at radius 3 is 2.37 bits per heavy atom. The van der Waals surface area contributed by atoms with Gasteiger partial charge in [0.2, 0.25) is 0 Å². The van der Waals surface area contributed by atoms with E-state index in [0.29, 0.717) is 15.6 Å². The Kier molecular flexibility index (Phi) is 4.64. The Hall–Kier alpha value is -1.29. The van der Waals surface area contributed by atoms with Crippen LogP contribution in [0.25, 0.3) is 0 Å².